The Morgan fingerprint density at radius 3 is 2.32 bits per heavy atom. The number of benzene rings is 2. The molecular formula is C20H26N2O3. The molecular weight excluding hydrogens is 316 g/mol. The van der Waals surface area contributed by atoms with Gasteiger partial charge in [-0.15, -0.1) is 0 Å². The van der Waals surface area contributed by atoms with Crippen molar-refractivity contribution in [2.45, 2.75) is 19.4 Å². The molecule has 0 radical (unpaired) electrons. The van der Waals surface area contributed by atoms with Crippen LogP contribution in [0.25, 0.3) is 0 Å². The van der Waals surface area contributed by atoms with E-state index in [9.17, 15) is 4.79 Å². The summed E-state index contributed by atoms with van der Waals surface area (Å²) in [5.74, 6) is 1.32. The lowest BCUT2D eigenvalue weighted by Gasteiger charge is -2.21. The number of nitrogens with zero attached hydrogens (tertiary/aromatic N) is 1. The van der Waals surface area contributed by atoms with E-state index in [0.29, 0.717) is 18.7 Å². The summed E-state index contributed by atoms with van der Waals surface area (Å²) >= 11 is 0. The van der Waals surface area contributed by atoms with Crippen LogP contribution in [0.5, 0.6) is 11.5 Å². The van der Waals surface area contributed by atoms with Gasteiger partial charge in [0.1, 0.15) is 11.5 Å². The van der Waals surface area contributed by atoms with Gasteiger partial charge < -0.3 is 19.7 Å². The highest BCUT2D eigenvalue weighted by Crippen LogP contribution is 2.19. The van der Waals surface area contributed by atoms with Crippen LogP contribution in [0.3, 0.4) is 0 Å². The summed E-state index contributed by atoms with van der Waals surface area (Å²) < 4.78 is 10.9. The Labute approximate surface area is 149 Å². The predicted octanol–water partition coefficient (Wildman–Crippen LogP) is 3.11. The van der Waals surface area contributed by atoms with Crippen molar-refractivity contribution >= 4 is 11.6 Å². The second kappa shape index (κ2) is 9.57. The summed E-state index contributed by atoms with van der Waals surface area (Å²) in [6.07, 6.45) is 0.0993. The fourth-order valence-corrected chi connectivity index (χ4v) is 2.41. The Kier molecular flexibility index (Phi) is 7.14. The molecule has 1 atom stereocenters. The first-order chi connectivity index (χ1) is 12.1. The van der Waals surface area contributed by atoms with Crippen molar-refractivity contribution in [2.75, 3.05) is 32.1 Å². The van der Waals surface area contributed by atoms with Crippen molar-refractivity contribution in [3.63, 3.8) is 0 Å². The molecule has 2 aromatic carbocycles. The number of amides is 1. The average Bonchev–Trinajstić information content (AvgIpc) is 2.67. The molecule has 1 unspecified atom stereocenters. The minimum atomic E-state index is -0.504. The number of carbonyl (C=O) groups is 1. The third-order valence-corrected chi connectivity index (χ3v) is 3.94. The van der Waals surface area contributed by atoms with E-state index in [2.05, 4.69) is 10.2 Å². The lowest BCUT2D eigenvalue weighted by molar-refractivity contribution is -0.128. The van der Waals surface area contributed by atoms with Crippen molar-refractivity contribution in [3.8, 4) is 11.5 Å². The Bertz CT molecular complexity index is 644. The molecule has 0 saturated heterocycles. The largest absolute Gasteiger partial charge is 0.497 e. The fourth-order valence-electron chi connectivity index (χ4n) is 2.41. The molecule has 0 spiro atoms. The highest BCUT2D eigenvalue weighted by Gasteiger charge is 2.18. The lowest BCUT2D eigenvalue weighted by Crippen LogP contribution is -2.41. The Morgan fingerprint density at radius 2 is 1.72 bits per heavy atom. The van der Waals surface area contributed by atoms with Gasteiger partial charge in [-0.2, -0.15) is 0 Å². The highest BCUT2D eigenvalue weighted by molar-refractivity contribution is 5.81. The van der Waals surface area contributed by atoms with Gasteiger partial charge in [0.15, 0.2) is 6.10 Å². The Balaban J connectivity index is 1.81. The number of anilines is 1. The molecule has 5 nitrogen and oxygen atoms in total. The van der Waals surface area contributed by atoms with Crippen LogP contribution in [0.2, 0.25) is 0 Å². The third-order valence-electron chi connectivity index (χ3n) is 3.94. The van der Waals surface area contributed by atoms with Gasteiger partial charge in [0, 0.05) is 25.8 Å². The molecule has 134 valence electrons. The Morgan fingerprint density at radius 1 is 1.08 bits per heavy atom. The molecule has 2 aromatic rings. The summed E-state index contributed by atoms with van der Waals surface area (Å²) in [6, 6.07) is 17.3. The molecule has 0 aromatic heterocycles. The molecule has 0 aliphatic heterocycles. The van der Waals surface area contributed by atoms with Crippen LogP contribution in [-0.4, -0.2) is 39.3 Å². The molecule has 0 fully saturated rings. The van der Waals surface area contributed by atoms with E-state index in [4.69, 9.17) is 9.47 Å². The molecule has 0 aliphatic carbocycles. The maximum Gasteiger partial charge on any atom is 0.261 e. The van der Waals surface area contributed by atoms with Crippen LogP contribution in [0.1, 0.15) is 13.3 Å². The van der Waals surface area contributed by atoms with Gasteiger partial charge in [0.25, 0.3) is 5.91 Å². The van der Waals surface area contributed by atoms with Gasteiger partial charge in [0.05, 0.1) is 7.11 Å². The van der Waals surface area contributed by atoms with E-state index < -0.39 is 6.10 Å². The zero-order valence-electron chi connectivity index (χ0n) is 15.1. The van der Waals surface area contributed by atoms with Gasteiger partial charge >= 0.3 is 0 Å². The number of likely N-dealkylation sites (N-methyl/N-ethyl adjacent to an activating group) is 1. The quantitative estimate of drug-likeness (QED) is 0.761. The molecule has 0 aliphatic rings. The molecule has 0 saturated carbocycles. The first kappa shape index (κ1) is 18.6. The standard InChI is InChI=1S/C20H26N2O3/c1-4-19(25-18-12-10-17(24-3)11-13-18)20(23)21-14-15-22(2)16-8-6-5-7-9-16/h5-13,19H,4,14-15H2,1-3H3,(H,21,23). The number of nitrogens with one attached hydrogen (secondary N) is 1. The van der Waals surface area contributed by atoms with Crippen LogP contribution in [0.4, 0.5) is 5.69 Å². The number of rotatable bonds is 9. The maximum absolute atomic E-state index is 12.3. The summed E-state index contributed by atoms with van der Waals surface area (Å²) in [4.78, 5) is 14.4. The number of hydrogen-bond donors (Lipinski definition) is 1. The second-order valence-electron chi connectivity index (χ2n) is 5.74. The van der Waals surface area contributed by atoms with E-state index in [1.165, 1.54) is 0 Å². The number of carbonyl (C=O) groups excluding carboxylic acids is 1. The topological polar surface area (TPSA) is 50.8 Å². The van der Waals surface area contributed by atoms with Crippen LogP contribution in [0.15, 0.2) is 54.6 Å². The molecule has 2 rings (SSSR count). The first-order valence-electron chi connectivity index (χ1n) is 8.48. The number of methoxy groups -OCH3 is 1. The molecule has 0 heterocycles. The molecule has 1 amide bonds. The summed E-state index contributed by atoms with van der Waals surface area (Å²) in [5, 5.41) is 2.95. The van der Waals surface area contributed by atoms with E-state index >= 15 is 0 Å². The van der Waals surface area contributed by atoms with Crippen LogP contribution < -0.4 is 19.7 Å². The van der Waals surface area contributed by atoms with Gasteiger partial charge in [-0.1, -0.05) is 25.1 Å². The summed E-state index contributed by atoms with van der Waals surface area (Å²) in [5.41, 5.74) is 1.12. The molecule has 0 bridgehead atoms. The Hall–Kier alpha value is -2.69. The van der Waals surface area contributed by atoms with Crippen molar-refractivity contribution in [1.82, 2.24) is 5.32 Å². The monoisotopic (exact) mass is 342 g/mol. The van der Waals surface area contributed by atoms with E-state index in [-0.39, 0.29) is 5.91 Å². The fraction of sp³-hybridized carbons (Fsp3) is 0.350. The van der Waals surface area contributed by atoms with Gasteiger partial charge in [-0.3, -0.25) is 4.79 Å². The van der Waals surface area contributed by atoms with Crippen molar-refractivity contribution in [1.29, 1.82) is 0 Å². The zero-order valence-corrected chi connectivity index (χ0v) is 15.1. The first-order valence-corrected chi connectivity index (χ1v) is 8.48. The van der Waals surface area contributed by atoms with Crippen molar-refractivity contribution in [3.05, 3.63) is 54.6 Å². The van der Waals surface area contributed by atoms with E-state index in [0.717, 1.165) is 18.0 Å². The summed E-state index contributed by atoms with van der Waals surface area (Å²) in [7, 11) is 3.62. The SMILES string of the molecule is CCC(Oc1ccc(OC)cc1)C(=O)NCCN(C)c1ccccc1. The minimum Gasteiger partial charge on any atom is -0.497 e. The number of para-hydroxylation sites is 1. The molecule has 25 heavy (non-hydrogen) atoms. The summed E-state index contributed by atoms with van der Waals surface area (Å²) in [6.45, 7) is 3.23. The van der Waals surface area contributed by atoms with Gasteiger partial charge in [-0.05, 0) is 42.8 Å². The average molecular weight is 342 g/mol. The third kappa shape index (κ3) is 5.71. The highest BCUT2D eigenvalue weighted by atomic mass is 16.5. The predicted molar refractivity (Wildman–Crippen MR) is 100 cm³/mol. The second-order valence-corrected chi connectivity index (χ2v) is 5.74. The van der Waals surface area contributed by atoms with Crippen LogP contribution >= 0.6 is 0 Å². The number of ether oxygens (including phenoxy) is 2. The van der Waals surface area contributed by atoms with Crippen molar-refractivity contribution in [2.24, 2.45) is 0 Å². The number of hydrogen-bond acceptors (Lipinski definition) is 4. The molecule has 1 N–H and O–H groups in total. The smallest absolute Gasteiger partial charge is 0.261 e. The van der Waals surface area contributed by atoms with Gasteiger partial charge in [0.2, 0.25) is 0 Å². The minimum absolute atomic E-state index is 0.0974. The normalized spacial score (nSPS) is 11.5. The van der Waals surface area contributed by atoms with Crippen LogP contribution in [-0.2, 0) is 4.79 Å². The van der Waals surface area contributed by atoms with E-state index in [1.807, 2.05) is 56.4 Å². The molecule has 5 heteroatoms. The zero-order chi connectivity index (χ0) is 18.1. The van der Waals surface area contributed by atoms with Crippen LogP contribution in [0, 0.1) is 0 Å². The van der Waals surface area contributed by atoms with Gasteiger partial charge in [-0.25, -0.2) is 0 Å². The van der Waals surface area contributed by atoms with E-state index in [1.54, 1.807) is 19.2 Å². The lowest BCUT2D eigenvalue weighted by atomic mass is 10.2. The van der Waals surface area contributed by atoms with Crippen molar-refractivity contribution < 1.29 is 14.3 Å². The maximum atomic E-state index is 12.3.